The Hall–Kier alpha value is -5.27. The highest BCUT2D eigenvalue weighted by molar-refractivity contribution is 6.35. The summed E-state index contributed by atoms with van der Waals surface area (Å²) in [6.07, 6.45) is 6.34. The Kier molecular flexibility index (Phi) is 7.85. The number of fused-ring (bicyclic) bond motifs is 1. The van der Waals surface area contributed by atoms with E-state index in [0.29, 0.717) is 74.1 Å². The van der Waals surface area contributed by atoms with Gasteiger partial charge in [0, 0.05) is 35.9 Å². The van der Waals surface area contributed by atoms with Crippen LogP contribution in [0.2, 0.25) is 5.02 Å². The van der Waals surface area contributed by atoms with E-state index in [1.165, 1.54) is 6.20 Å². The van der Waals surface area contributed by atoms with E-state index in [2.05, 4.69) is 44.8 Å². The lowest BCUT2D eigenvalue weighted by molar-refractivity contribution is 0.260. The summed E-state index contributed by atoms with van der Waals surface area (Å²) in [5.41, 5.74) is 11.5. The Morgan fingerprint density at radius 1 is 1.07 bits per heavy atom. The minimum atomic E-state index is -1.56. The lowest BCUT2D eigenvalue weighted by Crippen LogP contribution is -2.38. The Labute approximate surface area is 262 Å². The summed E-state index contributed by atoms with van der Waals surface area (Å²) in [6.45, 7) is 1.84. The summed E-state index contributed by atoms with van der Waals surface area (Å²) in [5, 5.41) is 39.0. The average Bonchev–Trinajstić information content (AvgIpc) is 3.78. The maximum atomic E-state index is 10.1. The van der Waals surface area contributed by atoms with E-state index in [0.717, 1.165) is 18.4 Å². The highest BCUT2D eigenvalue weighted by atomic mass is 35.5. The van der Waals surface area contributed by atoms with Gasteiger partial charge < -0.3 is 16.1 Å². The second-order valence-electron chi connectivity index (χ2n) is 10.8. The van der Waals surface area contributed by atoms with Crippen LogP contribution < -0.4 is 21.6 Å². The van der Waals surface area contributed by atoms with Crippen molar-refractivity contribution in [3.8, 4) is 18.2 Å². The van der Waals surface area contributed by atoms with Crippen LogP contribution in [-0.2, 0) is 0 Å². The fraction of sp³-hybridized carbons (Fsp3) is 0.235. The maximum Gasteiger partial charge on any atom is 0.103 e. The van der Waals surface area contributed by atoms with Crippen molar-refractivity contribution in [2.24, 2.45) is 0 Å². The van der Waals surface area contributed by atoms with Crippen LogP contribution in [0.15, 0.2) is 78.8 Å². The van der Waals surface area contributed by atoms with Crippen molar-refractivity contribution in [2.45, 2.75) is 50.7 Å². The molecule has 2 heterocycles. The lowest BCUT2D eigenvalue weighted by atomic mass is 9.95. The number of anilines is 2. The van der Waals surface area contributed by atoms with Gasteiger partial charge in [-0.3, -0.25) is 9.99 Å². The molecule has 1 fully saturated rings. The third kappa shape index (κ3) is 5.82. The first-order chi connectivity index (χ1) is 21.9. The van der Waals surface area contributed by atoms with Crippen molar-refractivity contribution in [2.75, 3.05) is 10.6 Å². The first-order valence-electron chi connectivity index (χ1n) is 14.9. The van der Waals surface area contributed by atoms with Gasteiger partial charge in [-0.25, -0.2) is 0 Å². The number of benzene rings is 3. The minimum absolute atomic E-state index is 0.252. The average molecular weight is 601 g/mol. The van der Waals surface area contributed by atoms with Crippen LogP contribution in [0.5, 0.6) is 0 Å². The summed E-state index contributed by atoms with van der Waals surface area (Å²) < 4.78 is 9.90. The number of pyridine rings is 1. The Morgan fingerprint density at radius 3 is 2.59 bits per heavy atom. The molecule has 1 saturated carbocycles. The molecule has 44 heavy (non-hydrogen) atoms. The number of hydrogen-bond acceptors (Lipinski definition) is 9. The molecule has 0 amide bonds. The lowest BCUT2D eigenvalue weighted by Gasteiger charge is -2.25. The smallest absolute Gasteiger partial charge is 0.103 e. The number of nitrogens with one attached hydrogen (secondary N) is 4. The standard InChI is InChI=1S/C34H30ClN9/c1-21-23(17-37)9-5-10-27(21)34(31-20-44(43-42-31)26-12-13-26)40-25-15-28-32(24(18-38)19-39-33(28)29(35)16-25)41-30(11-6-14-36)22-7-3-2-4-8-22/h2-5,7-10,15-16,19-20,26,30,34,40,42-43H,6,11-13H2,1H3,(H,39,41)/t30-,34+/m1/s1/i34D. The van der Waals surface area contributed by atoms with E-state index in [1.807, 2.05) is 60.6 Å². The van der Waals surface area contributed by atoms with Gasteiger partial charge in [-0.2, -0.15) is 15.8 Å². The minimum Gasteiger partial charge on any atom is -0.377 e. The quantitative estimate of drug-likeness (QED) is 0.153. The molecule has 9 nitrogen and oxygen atoms in total. The molecule has 1 aliphatic heterocycles. The van der Waals surface area contributed by atoms with Crippen LogP contribution in [0.4, 0.5) is 11.4 Å². The molecule has 218 valence electrons. The topological polar surface area (TPSA) is 136 Å². The molecular weight excluding hydrogens is 570 g/mol. The first-order valence-corrected chi connectivity index (χ1v) is 14.8. The Balaban J connectivity index is 1.47. The van der Waals surface area contributed by atoms with Gasteiger partial charge in [-0.05, 0) is 61.1 Å². The van der Waals surface area contributed by atoms with Crippen molar-refractivity contribution < 1.29 is 1.37 Å². The molecule has 3 aromatic carbocycles. The molecule has 4 N–H and O–H groups in total. The third-order valence-electron chi connectivity index (χ3n) is 7.90. The summed E-state index contributed by atoms with van der Waals surface area (Å²) in [4.78, 5) is 4.50. The number of rotatable bonds is 10. The maximum absolute atomic E-state index is 10.1. The van der Waals surface area contributed by atoms with Gasteiger partial charge in [0.15, 0.2) is 0 Å². The predicted octanol–water partition coefficient (Wildman–Crippen LogP) is 6.88. The summed E-state index contributed by atoms with van der Waals surface area (Å²) >= 11 is 6.84. The molecule has 6 rings (SSSR count). The van der Waals surface area contributed by atoms with Crippen molar-refractivity contribution >= 4 is 33.9 Å². The van der Waals surface area contributed by atoms with Crippen LogP contribution in [0.3, 0.4) is 0 Å². The van der Waals surface area contributed by atoms with Crippen molar-refractivity contribution in [3.05, 3.63) is 112 Å². The van der Waals surface area contributed by atoms with Crippen LogP contribution in [0, 0.1) is 40.9 Å². The number of hydrazine groups is 2. The Bertz CT molecular complexity index is 1920. The normalized spacial score (nSPS) is 16.4. The molecule has 4 aromatic rings. The molecule has 2 atom stereocenters. The van der Waals surface area contributed by atoms with Gasteiger partial charge in [-0.1, -0.05) is 54.1 Å². The second-order valence-corrected chi connectivity index (χ2v) is 11.2. The molecule has 0 radical (unpaired) electrons. The van der Waals surface area contributed by atoms with Crippen molar-refractivity contribution in [1.29, 1.82) is 15.8 Å². The molecule has 2 aliphatic rings. The second kappa shape index (κ2) is 12.5. The largest absolute Gasteiger partial charge is 0.377 e. The molecular formula is C34H30ClN9. The van der Waals surface area contributed by atoms with E-state index in [1.54, 1.807) is 18.2 Å². The molecule has 0 unspecified atom stereocenters. The summed E-state index contributed by atoms with van der Waals surface area (Å²) in [5.74, 6) is 0. The van der Waals surface area contributed by atoms with Gasteiger partial charge in [0.2, 0.25) is 0 Å². The number of halogens is 1. The first kappa shape index (κ1) is 27.6. The van der Waals surface area contributed by atoms with E-state index in [9.17, 15) is 17.2 Å². The number of nitrogens with zero attached hydrogens (tertiary/aromatic N) is 5. The molecule has 0 saturated heterocycles. The molecule has 1 aliphatic carbocycles. The zero-order valence-corrected chi connectivity index (χ0v) is 24.8. The van der Waals surface area contributed by atoms with E-state index >= 15 is 0 Å². The molecule has 1 aromatic heterocycles. The third-order valence-corrected chi connectivity index (χ3v) is 8.19. The number of hydrogen-bond donors (Lipinski definition) is 4. The number of nitriles is 3. The van der Waals surface area contributed by atoms with E-state index < -0.39 is 6.02 Å². The Morgan fingerprint density at radius 2 is 1.86 bits per heavy atom. The van der Waals surface area contributed by atoms with Crippen LogP contribution in [-0.4, -0.2) is 16.0 Å². The number of aromatic nitrogens is 1. The fourth-order valence-electron chi connectivity index (χ4n) is 5.42. The monoisotopic (exact) mass is 600 g/mol. The SMILES string of the molecule is [2H][C@@](Nc1cc(Cl)c2ncc(C#N)c(N[C@H](CCC#N)c3ccccc3)c2c1)(C1=CN(C2CC2)NN1)c1cccc(C#N)c1C. The zero-order valence-electron chi connectivity index (χ0n) is 25.0. The predicted molar refractivity (Wildman–Crippen MR) is 171 cm³/mol. The summed E-state index contributed by atoms with van der Waals surface area (Å²) in [6, 6.07) is 23.9. The van der Waals surface area contributed by atoms with Gasteiger partial charge in [0.05, 0.1) is 58.6 Å². The van der Waals surface area contributed by atoms with E-state index in [4.69, 9.17) is 11.6 Å². The van der Waals surface area contributed by atoms with Gasteiger partial charge in [0.25, 0.3) is 0 Å². The fourth-order valence-corrected chi connectivity index (χ4v) is 5.69. The van der Waals surface area contributed by atoms with Gasteiger partial charge >= 0.3 is 0 Å². The van der Waals surface area contributed by atoms with E-state index in [-0.39, 0.29) is 6.04 Å². The summed E-state index contributed by atoms with van der Waals surface area (Å²) in [7, 11) is 0. The highest BCUT2D eigenvalue weighted by Crippen LogP contribution is 2.39. The van der Waals surface area contributed by atoms with Crippen molar-refractivity contribution in [3.63, 3.8) is 0 Å². The van der Waals surface area contributed by atoms with Crippen LogP contribution in [0.25, 0.3) is 10.9 Å². The van der Waals surface area contributed by atoms with Gasteiger partial charge in [-0.15, -0.1) is 5.53 Å². The molecule has 10 heteroatoms. The van der Waals surface area contributed by atoms with Crippen LogP contribution in [0.1, 0.15) is 66.9 Å². The highest BCUT2D eigenvalue weighted by Gasteiger charge is 2.33. The van der Waals surface area contributed by atoms with Crippen molar-refractivity contribution in [1.82, 2.24) is 21.0 Å². The molecule has 0 bridgehead atoms. The molecule has 0 spiro atoms. The zero-order chi connectivity index (χ0) is 31.6. The van der Waals surface area contributed by atoms with Gasteiger partial charge in [0.1, 0.15) is 6.07 Å². The van der Waals surface area contributed by atoms with Crippen LogP contribution >= 0.6 is 11.6 Å².